The largest absolute Gasteiger partial charge is 0.275 e. The number of aromatic amines is 1. The SMILES string of the molecule is CC(C)c1[c][nH]nc1Br. The van der Waals surface area contributed by atoms with E-state index in [-0.39, 0.29) is 0 Å². The maximum atomic E-state index is 3.87. The lowest BCUT2D eigenvalue weighted by Gasteiger charge is -1.97. The first-order valence-electron chi connectivity index (χ1n) is 2.83. The van der Waals surface area contributed by atoms with Crippen molar-refractivity contribution < 1.29 is 0 Å². The Balaban J connectivity index is 2.94. The molecule has 0 saturated heterocycles. The topological polar surface area (TPSA) is 28.7 Å². The number of nitrogens with one attached hydrogen (secondary N) is 1. The van der Waals surface area contributed by atoms with Crippen molar-refractivity contribution in [2.24, 2.45) is 0 Å². The Morgan fingerprint density at radius 2 is 2.33 bits per heavy atom. The molecule has 1 heterocycles. The zero-order valence-electron chi connectivity index (χ0n) is 5.40. The number of aromatic nitrogens is 2. The average molecular weight is 188 g/mol. The lowest BCUT2D eigenvalue weighted by atomic mass is 10.1. The minimum atomic E-state index is 0.484. The minimum absolute atomic E-state index is 0.484. The summed E-state index contributed by atoms with van der Waals surface area (Å²) in [7, 11) is 0. The highest BCUT2D eigenvalue weighted by Gasteiger charge is 2.05. The molecule has 0 aliphatic rings. The van der Waals surface area contributed by atoms with Gasteiger partial charge >= 0.3 is 0 Å². The van der Waals surface area contributed by atoms with Crippen LogP contribution in [0.15, 0.2) is 4.60 Å². The molecule has 0 unspecified atom stereocenters. The molecule has 0 atom stereocenters. The monoisotopic (exact) mass is 187 g/mol. The Hall–Kier alpha value is -0.310. The maximum absolute atomic E-state index is 3.87. The summed E-state index contributed by atoms with van der Waals surface area (Å²) in [5.41, 5.74) is 1.11. The third kappa shape index (κ3) is 1.33. The van der Waals surface area contributed by atoms with Crippen LogP contribution in [0.1, 0.15) is 25.3 Å². The highest BCUT2D eigenvalue weighted by molar-refractivity contribution is 9.10. The fraction of sp³-hybridized carbons (Fsp3) is 0.500. The third-order valence-corrected chi connectivity index (χ3v) is 1.75. The number of rotatable bonds is 1. The fourth-order valence-electron chi connectivity index (χ4n) is 0.632. The molecule has 0 aliphatic carbocycles. The molecule has 2 nitrogen and oxygen atoms in total. The van der Waals surface area contributed by atoms with Gasteiger partial charge < -0.3 is 0 Å². The normalized spacial score (nSPS) is 10.7. The Bertz CT molecular complexity index is 193. The van der Waals surface area contributed by atoms with Gasteiger partial charge in [0.2, 0.25) is 0 Å². The van der Waals surface area contributed by atoms with Crippen molar-refractivity contribution in [2.45, 2.75) is 19.8 Å². The first-order valence-corrected chi connectivity index (χ1v) is 3.62. The van der Waals surface area contributed by atoms with Gasteiger partial charge in [0.1, 0.15) is 4.60 Å². The molecular weight excluding hydrogens is 180 g/mol. The summed E-state index contributed by atoms with van der Waals surface area (Å²) in [6, 6.07) is 0. The van der Waals surface area contributed by atoms with Crippen LogP contribution in [0, 0.1) is 6.20 Å². The van der Waals surface area contributed by atoms with Crippen molar-refractivity contribution in [1.82, 2.24) is 10.2 Å². The van der Waals surface area contributed by atoms with Crippen molar-refractivity contribution in [1.29, 1.82) is 0 Å². The number of halogens is 1. The predicted octanol–water partition coefficient (Wildman–Crippen LogP) is 2.10. The second-order valence-electron chi connectivity index (χ2n) is 2.21. The van der Waals surface area contributed by atoms with E-state index in [1.807, 2.05) is 0 Å². The molecule has 49 valence electrons. The highest BCUT2D eigenvalue weighted by atomic mass is 79.9. The van der Waals surface area contributed by atoms with E-state index in [1.54, 1.807) is 0 Å². The third-order valence-electron chi connectivity index (χ3n) is 1.14. The highest BCUT2D eigenvalue weighted by Crippen LogP contribution is 2.20. The molecule has 0 amide bonds. The fourth-order valence-corrected chi connectivity index (χ4v) is 1.28. The van der Waals surface area contributed by atoms with Gasteiger partial charge in [-0.25, -0.2) is 0 Å². The van der Waals surface area contributed by atoms with Crippen LogP contribution in [0.3, 0.4) is 0 Å². The number of hydrogen-bond donors (Lipinski definition) is 1. The smallest absolute Gasteiger partial charge is 0.132 e. The number of H-pyrrole nitrogens is 1. The molecule has 9 heavy (non-hydrogen) atoms. The minimum Gasteiger partial charge on any atom is -0.275 e. The van der Waals surface area contributed by atoms with Gasteiger partial charge in [-0.2, -0.15) is 5.10 Å². The van der Waals surface area contributed by atoms with Crippen LogP contribution in [-0.2, 0) is 0 Å². The maximum Gasteiger partial charge on any atom is 0.132 e. The van der Waals surface area contributed by atoms with Crippen molar-refractivity contribution >= 4 is 15.9 Å². The molecule has 1 aromatic heterocycles. The van der Waals surface area contributed by atoms with E-state index in [2.05, 4.69) is 46.2 Å². The zero-order chi connectivity index (χ0) is 6.85. The first-order chi connectivity index (χ1) is 4.22. The van der Waals surface area contributed by atoms with Gasteiger partial charge in [-0.3, -0.25) is 5.10 Å². The molecule has 0 aromatic carbocycles. The van der Waals surface area contributed by atoms with Crippen LogP contribution in [0.2, 0.25) is 0 Å². The molecule has 1 N–H and O–H groups in total. The van der Waals surface area contributed by atoms with E-state index in [0.717, 1.165) is 10.2 Å². The number of hydrogen-bond acceptors (Lipinski definition) is 1. The Morgan fingerprint density at radius 3 is 2.56 bits per heavy atom. The zero-order valence-corrected chi connectivity index (χ0v) is 6.99. The van der Waals surface area contributed by atoms with Gasteiger partial charge in [-0.05, 0) is 21.8 Å². The van der Waals surface area contributed by atoms with Gasteiger partial charge in [0.05, 0.1) is 6.20 Å². The summed E-state index contributed by atoms with van der Waals surface area (Å²) in [6.45, 7) is 4.21. The van der Waals surface area contributed by atoms with Crippen molar-refractivity contribution in [3.8, 4) is 0 Å². The van der Waals surface area contributed by atoms with Crippen LogP contribution in [0.5, 0.6) is 0 Å². The number of nitrogens with zero attached hydrogens (tertiary/aromatic N) is 1. The second kappa shape index (κ2) is 2.52. The molecule has 1 aromatic rings. The van der Waals surface area contributed by atoms with Gasteiger partial charge in [0.15, 0.2) is 0 Å². The second-order valence-corrected chi connectivity index (χ2v) is 2.96. The van der Waals surface area contributed by atoms with E-state index in [4.69, 9.17) is 0 Å². The molecule has 1 rings (SSSR count). The summed E-state index contributed by atoms with van der Waals surface area (Å²) < 4.78 is 0.873. The van der Waals surface area contributed by atoms with Crippen molar-refractivity contribution in [3.05, 3.63) is 16.4 Å². The molecule has 0 fully saturated rings. The predicted molar refractivity (Wildman–Crippen MR) is 39.2 cm³/mol. The van der Waals surface area contributed by atoms with Gasteiger partial charge in [-0.1, -0.05) is 13.8 Å². The molecule has 0 spiro atoms. The van der Waals surface area contributed by atoms with Crippen LogP contribution >= 0.6 is 15.9 Å². The summed E-state index contributed by atoms with van der Waals surface area (Å²) in [4.78, 5) is 0. The molecular formula is C6H8BrN2. The summed E-state index contributed by atoms with van der Waals surface area (Å²) in [5, 5.41) is 6.53. The average Bonchev–Trinajstić information content (AvgIpc) is 2.13. The van der Waals surface area contributed by atoms with Gasteiger partial charge in [-0.15, -0.1) is 0 Å². The lowest BCUT2D eigenvalue weighted by molar-refractivity contribution is 0.860. The summed E-state index contributed by atoms with van der Waals surface area (Å²) >= 11 is 3.29. The van der Waals surface area contributed by atoms with Crippen LogP contribution < -0.4 is 0 Å². The van der Waals surface area contributed by atoms with Crippen LogP contribution in [0.25, 0.3) is 0 Å². The van der Waals surface area contributed by atoms with E-state index in [1.165, 1.54) is 0 Å². The summed E-state index contributed by atoms with van der Waals surface area (Å²) in [6.07, 6.45) is 2.92. The van der Waals surface area contributed by atoms with Crippen LogP contribution in [-0.4, -0.2) is 10.2 Å². The van der Waals surface area contributed by atoms with E-state index < -0.39 is 0 Å². The molecule has 3 heteroatoms. The standard InChI is InChI=1S/C6H8BrN2/c1-4(2)5-3-8-9-6(5)7/h4H,1-2H3,(H,8,9). The molecule has 0 aliphatic heterocycles. The molecule has 0 bridgehead atoms. The van der Waals surface area contributed by atoms with Crippen molar-refractivity contribution in [3.63, 3.8) is 0 Å². The van der Waals surface area contributed by atoms with Gasteiger partial charge in [0.25, 0.3) is 0 Å². The van der Waals surface area contributed by atoms with Gasteiger partial charge in [0, 0.05) is 5.56 Å². The first kappa shape index (κ1) is 6.81. The van der Waals surface area contributed by atoms with E-state index in [0.29, 0.717) is 5.92 Å². The lowest BCUT2D eigenvalue weighted by Crippen LogP contribution is -1.83. The summed E-state index contributed by atoms with van der Waals surface area (Å²) in [5.74, 6) is 0.484. The Labute approximate surface area is 62.8 Å². The van der Waals surface area contributed by atoms with Crippen LogP contribution in [0.4, 0.5) is 0 Å². The van der Waals surface area contributed by atoms with E-state index >= 15 is 0 Å². The quantitative estimate of drug-likeness (QED) is 0.718. The van der Waals surface area contributed by atoms with Crippen molar-refractivity contribution in [2.75, 3.05) is 0 Å². The Morgan fingerprint density at radius 1 is 1.67 bits per heavy atom. The molecule has 0 saturated carbocycles. The molecule has 1 radical (unpaired) electrons. The Kier molecular flexibility index (Phi) is 1.90. The van der Waals surface area contributed by atoms with E-state index in [9.17, 15) is 0 Å².